The second kappa shape index (κ2) is 4.07. The van der Waals surface area contributed by atoms with Gasteiger partial charge < -0.3 is 0 Å². The van der Waals surface area contributed by atoms with Gasteiger partial charge in [-0.05, 0) is 30.3 Å². The second-order valence-electron chi connectivity index (χ2n) is 3.60. The molecule has 3 aromatic rings. The minimum Gasteiger partial charge on any atom is -0.298 e. The molecule has 1 aromatic carbocycles. The number of benzene rings is 1. The van der Waals surface area contributed by atoms with Crippen LogP contribution in [0, 0.1) is 0 Å². The molecule has 82 valence electrons. The van der Waals surface area contributed by atoms with Crippen molar-refractivity contribution in [2.45, 2.75) is 0 Å². The fraction of sp³-hybridized carbons (Fsp3) is 0. The van der Waals surface area contributed by atoms with Gasteiger partial charge in [0.25, 0.3) is 0 Å². The Morgan fingerprint density at radius 1 is 1.12 bits per heavy atom. The fourth-order valence-electron chi connectivity index (χ4n) is 1.63. The van der Waals surface area contributed by atoms with Crippen LogP contribution in [0.3, 0.4) is 0 Å². The van der Waals surface area contributed by atoms with Crippen molar-refractivity contribution in [2.24, 2.45) is 0 Å². The zero-order valence-electron chi connectivity index (χ0n) is 8.83. The zero-order valence-corrected chi connectivity index (χ0v) is 9.65. The molecule has 0 atom stereocenters. The van der Waals surface area contributed by atoms with Crippen molar-refractivity contribution < 1.29 is 4.79 Å². The molecule has 0 amide bonds. The van der Waals surface area contributed by atoms with E-state index in [-0.39, 0.29) is 0 Å². The van der Waals surface area contributed by atoms with Gasteiger partial charge >= 0.3 is 0 Å². The van der Waals surface area contributed by atoms with Crippen LogP contribution in [0.15, 0.2) is 42.7 Å². The van der Waals surface area contributed by atoms with Crippen molar-refractivity contribution in [2.75, 3.05) is 0 Å². The number of aldehydes is 1. The lowest BCUT2D eigenvalue weighted by molar-refractivity contribution is 0.112. The number of pyridine rings is 1. The molecule has 0 bridgehead atoms. The number of fused-ring (bicyclic) bond motifs is 1. The van der Waals surface area contributed by atoms with E-state index in [1.807, 2.05) is 24.3 Å². The van der Waals surface area contributed by atoms with Gasteiger partial charge in [0, 0.05) is 23.5 Å². The van der Waals surface area contributed by atoms with E-state index in [0.29, 0.717) is 5.56 Å². The Bertz CT molecular complexity index is 676. The molecular formula is C13H8N2OS. The average molecular weight is 240 g/mol. The SMILES string of the molecule is O=Cc1ccc2nc(-c3ccncc3)sc2c1. The molecule has 0 aliphatic carbocycles. The largest absolute Gasteiger partial charge is 0.298 e. The molecule has 0 aliphatic heterocycles. The molecule has 0 saturated carbocycles. The van der Waals surface area contributed by atoms with Crippen LogP contribution in [0.25, 0.3) is 20.8 Å². The molecule has 0 unspecified atom stereocenters. The van der Waals surface area contributed by atoms with E-state index >= 15 is 0 Å². The first kappa shape index (κ1) is 10.1. The summed E-state index contributed by atoms with van der Waals surface area (Å²) in [6.45, 7) is 0. The molecule has 0 radical (unpaired) electrons. The summed E-state index contributed by atoms with van der Waals surface area (Å²) < 4.78 is 1.03. The molecule has 2 aromatic heterocycles. The van der Waals surface area contributed by atoms with Gasteiger partial charge in [-0.3, -0.25) is 9.78 Å². The number of carbonyl (C=O) groups excluding carboxylic acids is 1. The lowest BCUT2D eigenvalue weighted by atomic mass is 10.2. The lowest BCUT2D eigenvalue weighted by Gasteiger charge is -1.91. The minimum absolute atomic E-state index is 0.683. The van der Waals surface area contributed by atoms with Crippen LogP contribution in [-0.2, 0) is 0 Å². The Morgan fingerprint density at radius 3 is 2.71 bits per heavy atom. The second-order valence-corrected chi connectivity index (χ2v) is 4.63. The highest BCUT2D eigenvalue weighted by Crippen LogP contribution is 2.29. The van der Waals surface area contributed by atoms with Gasteiger partial charge in [0.1, 0.15) is 11.3 Å². The van der Waals surface area contributed by atoms with Crippen LogP contribution in [0.1, 0.15) is 10.4 Å². The number of nitrogens with zero attached hydrogens (tertiary/aromatic N) is 2. The first-order valence-corrected chi connectivity index (χ1v) is 5.94. The minimum atomic E-state index is 0.683. The summed E-state index contributed by atoms with van der Waals surface area (Å²) in [5, 5.41) is 0.949. The van der Waals surface area contributed by atoms with Crippen molar-refractivity contribution in [3.05, 3.63) is 48.3 Å². The molecule has 0 aliphatic rings. The quantitative estimate of drug-likeness (QED) is 0.646. The molecule has 0 saturated heterocycles. The number of aromatic nitrogens is 2. The van der Waals surface area contributed by atoms with Crippen LogP contribution in [-0.4, -0.2) is 16.3 Å². The number of carbonyl (C=O) groups is 1. The molecule has 2 heterocycles. The maximum absolute atomic E-state index is 10.7. The molecule has 3 rings (SSSR count). The third-order valence-electron chi connectivity index (χ3n) is 2.48. The number of hydrogen-bond donors (Lipinski definition) is 0. The van der Waals surface area contributed by atoms with E-state index in [1.54, 1.807) is 29.8 Å². The predicted molar refractivity (Wildman–Crippen MR) is 68.2 cm³/mol. The van der Waals surface area contributed by atoms with E-state index < -0.39 is 0 Å². The predicted octanol–water partition coefficient (Wildman–Crippen LogP) is 3.17. The number of hydrogen-bond acceptors (Lipinski definition) is 4. The first-order valence-electron chi connectivity index (χ1n) is 5.13. The van der Waals surface area contributed by atoms with E-state index in [9.17, 15) is 4.79 Å². The van der Waals surface area contributed by atoms with Gasteiger partial charge in [-0.15, -0.1) is 11.3 Å². The van der Waals surface area contributed by atoms with Crippen LogP contribution in [0.4, 0.5) is 0 Å². The van der Waals surface area contributed by atoms with Crippen molar-refractivity contribution in [1.82, 2.24) is 9.97 Å². The van der Waals surface area contributed by atoms with Gasteiger partial charge in [-0.2, -0.15) is 0 Å². The smallest absolute Gasteiger partial charge is 0.150 e. The molecule has 17 heavy (non-hydrogen) atoms. The third kappa shape index (κ3) is 1.83. The van der Waals surface area contributed by atoms with Crippen molar-refractivity contribution in [3.63, 3.8) is 0 Å². The van der Waals surface area contributed by atoms with Crippen LogP contribution in [0.2, 0.25) is 0 Å². The van der Waals surface area contributed by atoms with Gasteiger partial charge in [-0.25, -0.2) is 4.98 Å². The summed E-state index contributed by atoms with van der Waals surface area (Å²) in [7, 11) is 0. The van der Waals surface area contributed by atoms with E-state index in [1.165, 1.54) is 0 Å². The van der Waals surface area contributed by atoms with E-state index in [0.717, 1.165) is 27.1 Å². The Kier molecular flexibility index (Phi) is 2.42. The maximum Gasteiger partial charge on any atom is 0.150 e. The number of rotatable bonds is 2. The van der Waals surface area contributed by atoms with Gasteiger partial charge in [0.2, 0.25) is 0 Å². The molecule has 0 fully saturated rings. The Hall–Kier alpha value is -2.07. The summed E-state index contributed by atoms with van der Waals surface area (Å²) in [6.07, 6.45) is 4.35. The molecular weight excluding hydrogens is 232 g/mol. The van der Waals surface area contributed by atoms with Crippen LogP contribution >= 0.6 is 11.3 Å². The summed E-state index contributed by atoms with van der Waals surface area (Å²) in [5.74, 6) is 0. The fourth-order valence-corrected chi connectivity index (χ4v) is 2.65. The summed E-state index contributed by atoms with van der Waals surface area (Å²) >= 11 is 1.58. The Balaban J connectivity index is 2.17. The van der Waals surface area contributed by atoms with Crippen LogP contribution in [0.5, 0.6) is 0 Å². The number of thiazole rings is 1. The summed E-state index contributed by atoms with van der Waals surface area (Å²) in [6, 6.07) is 9.38. The summed E-state index contributed by atoms with van der Waals surface area (Å²) in [4.78, 5) is 19.2. The topological polar surface area (TPSA) is 42.9 Å². The first-order chi connectivity index (χ1) is 8.36. The lowest BCUT2D eigenvalue weighted by Crippen LogP contribution is -1.77. The van der Waals surface area contributed by atoms with E-state index in [2.05, 4.69) is 9.97 Å². The van der Waals surface area contributed by atoms with Crippen molar-refractivity contribution in [1.29, 1.82) is 0 Å². The normalized spacial score (nSPS) is 10.6. The zero-order chi connectivity index (χ0) is 11.7. The van der Waals surface area contributed by atoms with Gasteiger partial charge in [-0.1, -0.05) is 0 Å². The average Bonchev–Trinajstić information content (AvgIpc) is 2.82. The molecule has 3 nitrogen and oxygen atoms in total. The molecule has 4 heteroatoms. The highest BCUT2D eigenvalue weighted by molar-refractivity contribution is 7.21. The maximum atomic E-state index is 10.7. The monoisotopic (exact) mass is 240 g/mol. The Morgan fingerprint density at radius 2 is 1.94 bits per heavy atom. The van der Waals surface area contributed by atoms with Crippen molar-refractivity contribution in [3.8, 4) is 10.6 Å². The van der Waals surface area contributed by atoms with Gasteiger partial charge in [0.15, 0.2) is 0 Å². The highest BCUT2D eigenvalue weighted by atomic mass is 32.1. The molecule has 0 N–H and O–H groups in total. The third-order valence-corrected chi connectivity index (χ3v) is 3.54. The standard InChI is InChI=1S/C13H8N2OS/c16-8-9-1-2-11-12(7-9)17-13(15-11)10-3-5-14-6-4-10/h1-8H. The summed E-state index contributed by atoms with van der Waals surface area (Å²) in [5.41, 5.74) is 2.66. The van der Waals surface area contributed by atoms with Crippen LogP contribution < -0.4 is 0 Å². The van der Waals surface area contributed by atoms with Crippen molar-refractivity contribution >= 4 is 27.8 Å². The Labute approximate surface area is 102 Å². The molecule has 0 spiro atoms. The van der Waals surface area contributed by atoms with E-state index in [4.69, 9.17) is 0 Å². The highest BCUT2D eigenvalue weighted by Gasteiger charge is 2.06. The van der Waals surface area contributed by atoms with Gasteiger partial charge in [0.05, 0.1) is 10.2 Å².